The van der Waals surface area contributed by atoms with Gasteiger partial charge in [0.05, 0.1) is 4.47 Å². The van der Waals surface area contributed by atoms with Gasteiger partial charge < -0.3 is 10.0 Å². The van der Waals surface area contributed by atoms with Crippen LogP contribution < -0.4 is 9.62 Å². The van der Waals surface area contributed by atoms with Crippen molar-refractivity contribution in [2.75, 3.05) is 31.1 Å². The second-order valence-electron chi connectivity index (χ2n) is 12.2. The van der Waals surface area contributed by atoms with Crippen molar-refractivity contribution in [3.05, 3.63) is 66.5 Å². The number of hydrogen-bond donors (Lipinski definition) is 2. The van der Waals surface area contributed by atoms with Gasteiger partial charge in [-0.1, -0.05) is 60.7 Å². The number of aromatic nitrogens is 1. The summed E-state index contributed by atoms with van der Waals surface area (Å²) in [6.45, 7) is 2.63. The quantitative estimate of drug-likeness (QED) is 0.181. The molecule has 17 heteroatoms. The maximum Gasteiger partial charge on any atom is 0.322 e. The van der Waals surface area contributed by atoms with Gasteiger partial charge in [0.2, 0.25) is 10.0 Å². The average molecular weight is 888 g/mol. The van der Waals surface area contributed by atoms with E-state index >= 15 is 0 Å². The van der Waals surface area contributed by atoms with Crippen LogP contribution in [0.4, 0.5) is 5.82 Å². The van der Waals surface area contributed by atoms with Crippen molar-refractivity contribution in [1.29, 1.82) is 0 Å². The highest BCUT2D eigenvalue weighted by molar-refractivity contribution is 9.11. The maximum atomic E-state index is 13.1. The van der Waals surface area contributed by atoms with Crippen LogP contribution in [-0.2, 0) is 31.3 Å². The molecule has 4 heterocycles. The smallest absolute Gasteiger partial charge is 0.322 e. The third kappa shape index (κ3) is 9.32. The van der Waals surface area contributed by atoms with Gasteiger partial charge in [-0.2, -0.15) is 9.03 Å². The Morgan fingerprint density at radius 1 is 0.979 bits per heavy atom. The molecule has 0 aliphatic carbocycles. The number of nitrogens with one attached hydrogen (secondary N) is 1. The molecule has 0 bridgehead atoms. The fraction of sp³-hybridized carbons (Fsp3) is 0.484. The van der Waals surface area contributed by atoms with Gasteiger partial charge in [-0.05, 0) is 93.1 Å². The zero-order valence-electron chi connectivity index (χ0n) is 25.8. The number of carboxylic acid groups (broad SMARTS) is 1. The SMILES string of the molecule is O=C(O)C(Cc1ccccc1Cl)NS(=O)(=O)c1cnc(N2CCC(CCCC3CCN(S(=O)(=O)c4cc(Br)c(Cl)s4)CC3)CC2)c(Br)c1. The Hall–Kier alpha value is -1.30. The number of carbonyl (C=O) groups is 1. The summed E-state index contributed by atoms with van der Waals surface area (Å²) in [7, 11) is -7.70. The van der Waals surface area contributed by atoms with E-state index in [9.17, 15) is 26.7 Å². The van der Waals surface area contributed by atoms with Crippen LogP contribution in [-0.4, -0.2) is 69.4 Å². The first kappa shape index (κ1) is 37.9. The van der Waals surface area contributed by atoms with Crippen LogP contribution >= 0.6 is 66.4 Å². The zero-order valence-corrected chi connectivity index (χ0v) is 33.0. The molecule has 0 saturated carbocycles. The summed E-state index contributed by atoms with van der Waals surface area (Å²) >= 11 is 20.1. The number of hydrogen-bond acceptors (Lipinski definition) is 8. The Labute approximate surface area is 312 Å². The highest BCUT2D eigenvalue weighted by atomic mass is 79.9. The molecule has 2 aliphatic heterocycles. The van der Waals surface area contributed by atoms with Gasteiger partial charge in [-0.15, -0.1) is 11.3 Å². The third-order valence-electron chi connectivity index (χ3n) is 9.01. The van der Waals surface area contributed by atoms with Crippen LogP contribution in [0.5, 0.6) is 0 Å². The Balaban J connectivity index is 1.07. The van der Waals surface area contributed by atoms with E-state index in [-0.39, 0.29) is 15.5 Å². The van der Waals surface area contributed by atoms with Crippen molar-refractivity contribution >= 4 is 98.2 Å². The molecule has 2 aliphatic rings. The Kier molecular flexibility index (Phi) is 12.9. The molecule has 2 fully saturated rings. The first-order valence-electron chi connectivity index (χ1n) is 15.6. The molecule has 3 aromatic rings. The minimum atomic E-state index is -4.18. The van der Waals surface area contributed by atoms with Crippen molar-refractivity contribution in [3.8, 4) is 0 Å². The summed E-state index contributed by atoms with van der Waals surface area (Å²) in [5, 5.41) is 10.1. The summed E-state index contributed by atoms with van der Waals surface area (Å²) in [5.41, 5.74) is 0.524. The van der Waals surface area contributed by atoms with Crippen LogP contribution in [0.3, 0.4) is 0 Å². The van der Waals surface area contributed by atoms with Gasteiger partial charge >= 0.3 is 5.97 Å². The van der Waals surface area contributed by atoms with Crippen molar-refractivity contribution in [2.24, 2.45) is 11.8 Å². The molecule has 1 atom stereocenters. The molecular weight excluding hydrogens is 851 g/mol. The number of nitrogens with zero attached hydrogens (tertiary/aromatic N) is 3. The molecule has 0 radical (unpaired) electrons. The third-order valence-corrected chi connectivity index (χ3v) is 16.2. The molecule has 0 amide bonds. The van der Waals surface area contributed by atoms with Crippen LogP contribution in [0.25, 0.3) is 0 Å². The van der Waals surface area contributed by atoms with Gasteiger partial charge in [0.15, 0.2) is 0 Å². The molecule has 1 aromatic carbocycles. The Morgan fingerprint density at radius 3 is 2.17 bits per heavy atom. The highest BCUT2D eigenvalue weighted by Gasteiger charge is 2.32. The number of benzene rings is 1. The van der Waals surface area contributed by atoms with Crippen LogP contribution in [0.15, 0.2) is 60.6 Å². The Morgan fingerprint density at radius 2 is 1.60 bits per heavy atom. The summed E-state index contributed by atoms with van der Waals surface area (Å²) in [4.78, 5) is 18.3. The Bertz CT molecular complexity index is 1810. The number of thiophene rings is 1. The number of aliphatic carboxylic acids is 1. The predicted octanol–water partition coefficient (Wildman–Crippen LogP) is 7.44. The lowest BCUT2D eigenvalue weighted by molar-refractivity contribution is -0.138. The molecule has 2 N–H and O–H groups in total. The number of halogens is 4. The standard InChI is InChI=1S/C31H36Br2Cl2N4O6S3/c32-24-18-28(46-29(24)35)48(44,45)39-14-10-21(11-15-39)5-3-4-20-8-12-38(13-9-20)30-25(33)17-23(19-36-30)47(42,43)37-27(31(40)41)16-22-6-1-2-7-26(22)34/h1-2,6-7,17-21,27,37H,3-5,8-16H2,(H,40,41). The minimum absolute atomic E-state index is 0.107. The number of sulfonamides is 2. The predicted molar refractivity (Wildman–Crippen MR) is 196 cm³/mol. The number of rotatable bonds is 13. The second-order valence-corrected chi connectivity index (χ2v) is 19.8. The van der Waals surface area contributed by atoms with Crippen molar-refractivity contribution in [2.45, 2.75) is 66.5 Å². The summed E-state index contributed by atoms with van der Waals surface area (Å²) < 4.78 is 58.0. The average Bonchev–Trinajstić information content (AvgIpc) is 3.40. The fourth-order valence-electron chi connectivity index (χ4n) is 6.26. The maximum absolute atomic E-state index is 13.1. The minimum Gasteiger partial charge on any atom is -0.480 e. The van der Waals surface area contributed by atoms with Gasteiger partial charge in [0.25, 0.3) is 10.0 Å². The first-order chi connectivity index (χ1) is 22.7. The van der Waals surface area contributed by atoms with Crippen LogP contribution in [0.2, 0.25) is 9.36 Å². The first-order valence-corrected chi connectivity index (χ1v) is 21.7. The normalized spacial score (nSPS) is 17.9. The van der Waals surface area contributed by atoms with Crippen LogP contribution in [0, 0.1) is 11.8 Å². The van der Waals surface area contributed by atoms with E-state index in [1.807, 2.05) is 0 Å². The van der Waals surface area contributed by atoms with E-state index in [1.165, 1.54) is 12.3 Å². The molecule has 10 nitrogen and oxygen atoms in total. The summed E-state index contributed by atoms with van der Waals surface area (Å²) in [6, 6.07) is 8.34. The van der Waals surface area contributed by atoms with E-state index in [0.717, 1.165) is 69.4 Å². The molecule has 2 saturated heterocycles. The van der Waals surface area contributed by atoms with Gasteiger partial charge in [-0.3, -0.25) is 4.79 Å². The van der Waals surface area contributed by atoms with E-state index in [2.05, 4.69) is 46.5 Å². The molecule has 0 spiro atoms. The number of pyridine rings is 1. The molecular formula is C31H36Br2Cl2N4O6S3. The highest BCUT2D eigenvalue weighted by Crippen LogP contribution is 2.38. The lowest BCUT2D eigenvalue weighted by atomic mass is 9.87. The van der Waals surface area contributed by atoms with Gasteiger partial charge in [0.1, 0.15) is 25.3 Å². The largest absolute Gasteiger partial charge is 0.480 e. The molecule has 2 aromatic heterocycles. The lowest BCUT2D eigenvalue weighted by Crippen LogP contribution is -2.42. The van der Waals surface area contributed by atoms with E-state index in [0.29, 0.717) is 54.6 Å². The van der Waals surface area contributed by atoms with E-state index in [1.54, 1.807) is 34.6 Å². The fourth-order valence-corrected chi connectivity index (χ4v) is 12.3. The number of piperidine rings is 2. The van der Waals surface area contributed by atoms with Crippen molar-refractivity contribution < 1.29 is 26.7 Å². The van der Waals surface area contributed by atoms with Gasteiger partial charge in [0, 0.05) is 48.3 Å². The summed E-state index contributed by atoms with van der Waals surface area (Å²) in [6.07, 6.45) is 8.16. The number of anilines is 1. The van der Waals surface area contributed by atoms with Crippen LogP contribution in [0.1, 0.15) is 50.5 Å². The van der Waals surface area contributed by atoms with Gasteiger partial charge in [-0.25, -0.2) is 21.8 Å². The molecule has 262 valence electrons. The monoisotopic (exact) mass is 884 g/mol. The number of carboxylic acids is 1. The molecule has 5 rings (SSSR count). The van der Waals surface area contributed by atoms with Crippen molar-refractivity contribution in [1.82, 2.24) is 14.0 Å². The van der Waals surface area contributed by atoms with E-state index in [4.69, 9.17) is 23.2 Å². The van der Waals surface area contributed by atoms with Crippen molar-refractivity contribution in [3.63, 3.8) is 0 Å². The lowest BCUT2D eigenvalue weighted by Gasteiger charge is -2.34. The zero-order chi connectivity index (χ0) is 34.6. The second kappa shape index (κ2) is 16.4. The molecule has 1 unspecified atom stereocenters. The topological polar surface area (TPSA) is 137 Å². The molecule has 48 heavy (non-hydrogen) atoms. The summed E-state index contributed by atoms with van der Waals surface area (Å²) in [5.74, 6) is 0.437. The van der Waals surface area contributed by atoms with E-state index < -0.39 is 32.1 Å².